The van der Waals surface area contributed by atoms with Crippen molar-refractivity contribution < 1.29 is 23.9 Å². The number of halogens is 1. The number of aromatic carboxylic acids is 1. The average molecular weight is 340 g/mol. The lowest BCUT2D eigenvalue weighted by Crippen LogP contribution is -2.29. The molecule has 2 heterocycles. The predicted octanol–water partition coefficient (Wildman–Crippen LogP) is 3.31. The van der Waals surface area contributed by atoms with Gasteiger partial charge in [-0.05, 0) is 28.1 Å². The zero-order valence-electron chi connectivity index (χ0n) is 10.6. The van der Waals surface area contributed by atoms with Crippen molar-refractivity contribution in [2.24, 2.45) is 0 Å². The molecule has 0 atom stereocenters. The number of fused-ring (bicyclic) bond motifs is 1. The van der Waals surface area contributed by atoms with Gasteiger partial charge in [-0.15, -0.1) is 0 Å². The Morgan fingerprint density at radius 2 is 1.90 bits per heavy atom. The highest BCUT2D eigenvalue weighted by molar-refractivity contribution is 9.10. The van der Waals surface area contributed by atoms with Gasteiger partial charge in [0.2, 0.25) is 5.79 Å². The summed E-state index contributed by atoms with van der Waals surface area (Å²) in [6, 6.07) is 4.83. The largest absolute Gasteiger partial charge is 0.476 e. The van der Waals surface area contributed by atoms with E-state index in [-0.39, 0.29) is 5.69 Å². The summed E-state index contributed by atoms with van der Waals surface area (Å²) < 4.78 is 17.0. The molecule has 0 unspecified atom stereocenters. The number of carboxylic acids is 1. The second-order valence-electron chi connectivity index (χ2n) is 4.76. The van der Waals surface area contributed by atoms with Crippen LogP contribution in [-0.4, -0.2) is 22.0 Å². The zero-order valence-corrected chi connectivity index (χ0v) is 12.2. The summed E-state index contributed by atoms with van der Waals surface area (Å²) in [7, 11) is 0. The SMILES string of the molecule is CC1(C)Oc2cc(Br)c(-c3cc(C(=O)O)no3)cc2O1. The average Bonchev–Trinajstić information content (AvgIpc) is 2.90. The molecule has 0 radical (unpaired) electrons. The number of carboxylic acid groups (broad SMARTS) is 1. The molecule has 1 aromatic heterocycles. The highest BCUT2D eigenvalue weighted by atomic mass is 79.9. The van der Waals surface area contributed by atoms with Crippen molar-refractivity contribution in [1.82, 2.24) is 5.16 Å². The number of nitrogens with zero attached hydrogens (tertiary/aromatic N) is 1. The van der Waals surface area contributed by atoms with Crippen LogP contribution < -0.4 is 9.47 Å². The molecule has 0 saturated carbocycles. The smallest absolute Gasteiger partial charge is 0.358 e. The highest BCUT2D eigenvalue weighted by Gasteiger charge is 2.33. The fourth-order valence-corrected chi connectivity index (χ4v) is 2.45. The van der Waals surface area contributed by atoms with Crippen LogP contribution in [0.5, 0.6) is 11.5 Å². The van der Waals surface area contributed by atoms with Crippen molar-refractivity contribution in [3.63, 3.8) is 0 Å². The molecule has 7 heteroatoms. The van der Waals surface area contributed by atoms with E-state index in [0.29, 0.717) is 27.3 Å². The number of benzene rings is 1. The van der Waals surface area contributed by atoms with Crippen LogP contribution in [0.4, 0.5) is 0 Å². The number of hydrogen-bond acceptors (Lipinski definition) is 5. The molecular formula is C13H10BrNO5. The van der Waals surface area contributed by atoms with Gasteiger partial charge >= 0.3 is 5.97 Å². The first-order chi connectivity index (χ1) is 9.35. The standard InChI is InChI=1S/C13H10BrNO5/c1-13(2)18-10-3-6(7(14)4-11(10)19-13)9-5-8(12(16)17)15-20-9/h3-5H,1-2H3,(H,16,17). The van der Waals surface area contributed by atoms with Gasteiger partial charge in [-0.1, -0.05) is 5.16 Å². The van der Waals surface area contributed by atoms with Crippen molar-refractivity contribution in [2.45, 2.75) is 19.6 Å². The van der Waals surface area contributed by atoms with Crippen molar-refractivity contribution in [2.75, 3.05) is 0 Å². The minimum atomic E-state index is -1.14. The molecule has 0 fully saturated rings. The van der Waals surface area contributed by atoms with Crippen LogP contribution >= 0.6 is 15.9 Å². The Hall–Kier alpha value is -2.02. The first-order valence-corrected chi connectivity index (χ1v) is 6.57. The van der Waals surface area contributed by atoms with Crippen molar-refractivity contribution in [1.29, 1.82) is 0 Å². The second-order valence-corrected chi connectivity index (χ2v) is 5.62. The molecular weight excluding hydrogens is 330 g/mol. The Bertz CT molecular complexity index is 707. The van der Waals surface area contributed by atoms with Crippen molar-refractivity contribution in [3.8, 4) is 22.8 Å². The minimum absolute atomic E-state index is 0.148. The molecule has 1 aliphatic heterocycles. The summed E-state index contributed by atoms with van der Waals surface area (Å²) in [5.41, 5.74) is 0.495. The molecule has 1 N–H and O–H groups in total. The van der Waals surface area contributed by atoms with Crippen LogP contribution in [0.1, 0.15) is 24.3 Å². The lowest BCUT2D eigenvalue weighted by molar-refractivity contribution is -0.0431. The van der Waals surface area contributed by atoms with E-state index in [1.165, 1.54) is 6.07 Å². The Morgan fingerprint density at radius 3 is 2.50 bits per heavy atom. The summed E-state index contributed by atoms with van der Waals surface area (Å²) in [4.78, 5) is 10.8. The molecule has 0 aliphatic carbocycles. The maximum Gasteiger partial charge on any atom is 0.358 e. The van der Waals surface area contributed by atoms with Crippen molar-refractivity contribution >= 4 is 21.9 Å². The summed E-state index contributed by atoms with van der Waals surface area (Å²) in [5, 5.41) is 12.3. The van der Waals surface area contributed by atoms with Gasteiger partial charge in [0.05, 0.1) is 0 Å². The molecule has 0 saturated heterocycles. The molecule has 0 amide bonds. The summed E-state index contributed by atoms with van der Waals surface area (Å²) in [6.07, 6.45) is 0. The van der Waals surface area contributed by atoms with Gasteiger partial charge in [-0.25, -0.2) is 4.79 Å². The molecule has 20 heavy (non-hydrogen) atoms. The number of rotatable bonds is 2. The highest BCUT2D eigenvalue weighted by Crippen LogP contribution is 2.45. The normalized spacial score (nSPS) is 15.3. The number of hydrogen-bond donors (Lipinski definition) is 1. The predicted molar refractivity (Wildman–Crippen MR) is 71.9 cm³/mol. The Balaban J connectivity index is 2.05. The first-order valence-electron chi connectivity index (χ1n) is 5.78. The van der Waals surface area contributed by atoms with Crippen LogP contribution in [0.3, 0.4) is 0 Å². The maximum absolute atomic E-state index is 10.8. The van der Waals surface area contributed by atoms with Crippen molar-refractivity contribution in [3.05, 3.63) is 28.4 Å². The fraction of sp³-hybridized carbons (Fsp3) is 0.231. The van der Waals surface area contributed by atoms with Crippen LogP contribution in [-0.2, 0) is 0 Å². The van der Waals surface area contributed by atoms with Gasteiger partial charge in [0.1, 0.15) is 0 Å². The maximum atomic E-state index is 10.8. The Labute approximate surface area is 122 Å². The monoisotopic (exact) mass is 339 g/mol. The second kappa shape index (κ2) is 4.24. The third-order valence-corrected chi connectivity index (χ3v) is 3.40. The van der Waals surface area contributed by atoms with E-state index in [9.17, 15) is 4.79 Å². The lowest BCUT2D eigenvalue weighted by Gasteiger charge is -2.16. The minimum Gasteiger partial charge on any atom is -0.476 e. The van der Waals surface area contributed by atoms with Gasteiger partial charge < -0.3 is 19.1 Å². The molecule has 6 nitrogen and oxygen atoms in total. The Kier molecular flexibility index (Phi) is 2.75. The van der Waals surface area contributed by atoms with Gasteiger partial charge in [0, 0.05) is 30.0 Å². The van der Waals surface area contributed by atoms with Crippen LogP contribution in [0.2, 0.25) is 0 Å². The molecule has 2 aromatic rings. The van der Waals surface area contributed by atoms with Gasteiger partial charge in [0.15, 0.2) is 23.0 Å². The fourth-order valence-electron chi connectivity index (χ4n) is 1.94. The summed E-state index contributed by atoms with van der Waals surface area (Å²) in [6.45, 7) is 3.61. The quantitative estimate of drug-likeness (QED) is 0.903. The van der Waals surface area contributed by atoms with E-state index in [1.807, 2.05) is 0 Å². The zero-order chi connectivity index (χ0) is 14.5. The lowest BCUT2D eigenvalue weighted by atomic mass is 10.1. The van der Waals surface area contributed by atoms with Crippen LogP contribution in [0, 0.1) is 0 Å². The molecule has 1 aromatic carbocycles. The van der Waals surface area contributed by atoms with Gasteiger partial charge in [-0.2, -0.15) is 0 Å². The van der Waals surface area contributed by atoms with E-state index in [0.717, 1.165) is 0 Å². The molecule has 0 bridgehead atoms. The van der Waals surface area contributed by atoms with Crippen LogP contribution in [0.15, 0.2) is 27.2 Å². The van der Waals surface area contributed by atoms with E-state index in [4.69, 9.17) is 19.1 Å². The van der Waals surface area contributed by atoms with Gasteiger partial charge in [0.25, 0.3) is 0 Å². The summed E-state index contributed by atoms with van der Waals surface area (Å²) in [5.74, 6) is -0.345. The van der Waals surface area contributed by atoms with E-state index < -0.39 is 11.8 Å². The third kappa shape index (κ3) is 2.14. The van der Waals surface area contributed by atoms with E-state index >= 15 is 0 Å². The van der Waals surface area contributed by atoms with Crippen LogP contribution in [0.25, 0.3) is 11.3 Å². The third-order valence-electron chi connectivity index (χ3n) is 2.74. The topological polar surface area (TPSA) is 81.8 Å². The summed E-state index contributed by atoms with van der Waals surface area (Å²) >= 11 is 3.40. The first kappa shape index (κ1) is 13.0. The molecule has 3 rings (SSSR count). The van der Waals surface area contributed by atoms with E-state index in [1.54, 1.807) is 26.0 Å². The number of ether oxygens (including phenoxy) is 2. The number of aromatic nitrogens is 1. The number of carbonyl (C=O) groups is 1. The van der Waals surface area contributed by atoms with Gasteiger partial charge in [-0.3, -0.25) is 0 Å². The molecule has 104 valence electrons. The van der Waals surface area contributed by atoms with E-state index in [2.05, 4.69) is 21.1 Å². The molecule has 1 aliphatic rings. The molecule has 0 spiro atoms. The Morgan fingerprint density at radius 1 is 1.25 bits per heavy atom.